The Bertz CT molecular complexity index is 542. The molecule has 1 fully saturated rings. The smallest absolute Gasteiger partial charge is 0.263 e. The molecule has 0 atom stereocenters. The lowest BCUT2D eigenvalue weighted by Gasteiger charge is -2.20. The van der Waals surface area contributed by atoms with Crippen LogP contribution in [0.4, 0.5) is 10.7 Å². The fourth-order valence-electron chi connectivity index (χ4n) is 2.20. The fourth-order valence-corrected chi connectivity index (χ4v) is 3.34. The van der Waals surface area contributed by atoms with Crippen LogP contribution in [0.1, 0.15) is 35.0 Å². The van der Waals surface area contributed by atoms with Gasteiger partial charge in [0, 0.05) is 26.2 Å². The number of nitrogen functional groups attached to an aromatic ring is 1. The monoisotopic (exact) mass is 308 g/mol. The summed E-state index contributed by atoms with van der Waals surface area (Å²) in [7, 11) is 0. The second-order valence-electron chi connectivity index (χ2n) is 4.85. The van der Waals surface area contributed by atoms with Crippen LogP contribution in [-0.2, 0) is 4.74 Å². The maximum atomic E-state index is 12.1. The summed E-state index contributed by atoms with van der Waals surface area (Å²) in [6.45, 7) is 5.46. The van der Waals surface area contributed by atoms with Gasteiger partial charge in [-0.05, 0) is 12.8 Å². The highest BCUT2D eigenvalue weighted by Gasteiger charge is 2.24. The van der Waals surface area contributed by atoms with Crippen molar-refractivity contribution < 1.29 is 9.53 Å². The number of anilines is 2. The first-order valence-electron chi connectivity index (χ1n) is 7.12. The van der Waals surface area contributed by atoms with E-state index in [-0.39, 0.29) is 11.6 Å². The average Bonchev–Trinajstić information content (AvgIpc) is 2.68. The Morgan fingerprint density at radius 3 is 3.05 bits per heavy atom. The summed E-state index contributed by atoms with van der Waals surface area (Å²) in [5.41, 5.74) is 6.70. The van der Waals surface area contributed by atoms with E-state index in [2.05, 4.69) is 16.3 Å². The van der Waals surface area contributed by atoms with Crippen molar-refractivity contribution in [1.82, 2.24) is 5.32 Å². The Morgan fingerprint density at radius 2 is 2.33 bits per heavy atom. The number of hydrogen-bond donors (Lipinski definition) is 2. The van der Waals surface area contributed by atoms with Gasteiger partial charge in [-0.25, -0.2) is 0 Å². The SMILES string of the molecule is CCCNC(=O)c1sc(N2CCCOCC2)c(C#N)c1N. The van der Waals surface area contributed by atoms with Crippen LogP contribution in [0.25, 0.3) is 0 Å². The summed E-state index contributed by atoms with van der Waals surface area (Å²) in [6, 6.07) is 2.14. The molecule has 1 aliphatic heterocycles. The first-order valence-corrected chi connectivity index (χ1v) is 7.94. The van der Waals surface area contributed by atoms with Gasteiger partial charge in [-0.15, -0.1) is 11.3 Å². The maximum absolute atomic E-state index is 12.1. The molecular formula is C14H20N4O2S. The van der Waals surface area contributed by atoms with Crippen molar-refractivity contribution in [3.63, 3.8) is 0 Å². The summed E-state index contributed by atoms with van der Waals surface area (Å²) in [5, 5.41) is 12.9. The standard InChI is InChI=1S/C14H20N4O2S/c1-2-4-17-13(19)12-11(16)10(9-15)14(21-12)18-5-3-7-20-8-6-18/h2-8,16H2,1H3,(H,17,19). The molecule has 0 aromatic carbocycles. The van der Waals surface area contributed by atoms with Crippen LogP contribution in [0.15, 0.2) is 0 Å². The zero-order valence-corrected chi connectivity index (χ0v) is 13.0. The molecule has 1 saturated heterocycles. The largest absolute Gasteiger partial charge is 0.396 e. The Labute approximate surface area is 128 Å². The van der Waals surface area contributed by atoms with Gasteiger partial charge in [0.25, 0.3) is 5.91 Å². The van der Waals surface area contributed by atoms with Crippen LogP contribution in [0.3, 0.4) is 0 Å². The summed E-state index contributed by atoms with van der Waals surface area (Å²) in [6.07, 6.45) is 1.76. The van der Waals surface area contributed by atoms with Gasteiger partial charge >= 0.3 is 0 Å². The van der Waals surface area contributed by atoms with Gasteiger partial charge in [0.05, 0.1) is 12.3 Å². The van der Waals surface area contributed by atoms with Crippen LogP contribution in [-0.4, -0.2) is 38.8 Å². The van der Waals surface area contributed by atoms with E-state index in [0.29, 0.717) is 30.1 Å². The Kier molecular flexibility index (Phi) is 5.42. The number of nitriles is 1. The van der Waals surface area contributed by atoms with Crippen LogP contribution < -0.4 is 16.0 Å². The summed E-state index contributed by atoms with van der Waals surface area (Å²) >= 11 is 1.30. The zero-order valence-electron chi connectivity index (χ0n) is 12.1. The molecule has 0 saturated carbocycles. The topological polar surface area (TPSA) is 91.4 Å². The third-order valence-corrected chi connectivity index (χ3v) is 4.55. The van der Waals surface area contributed by atoms with E-state index in [1.807, 2.05) is 6.92 Å². The Hall–Kier alpha value is -1.78. The lowest BCUT2D eigenvalue weighted by molar-refractivity contribution is 0.0958. The third-order valence-electron chi connectivity index (χ3n) is 3.29. The van der Waals surface area contributed by atoms with Gasteiger partial charge in [-0.3, -0.25) is 4.79 Å². The normalized spacial score (nSPS) is 15.3. The van der Waals surface area contributed by atoms with Crippen molar-refractivity contribution in [1.29, 1.82) is 5.26 Å². The molecule has 0 bridgehead atoms. The van der Waals surface area contributed by atoms with Crippen molar-refractivity contribution in [2.75, 3.05) is 43.5 Å². The van der Waals surface area contributed by atoms with Gasteiger partial charge in [0.2, 0.25) is 0 Å². The first-order chi connectivity index (χ1) is 10.2. The lowest BCUT2D eigenvalue weighted by Crippen LogP contribution is -2.25. The van der Waals surface area contributed by atoms with Gasteiger partial charge in [-0.1, -0.05) is 6.92 Å². The molecule has 1 amide bonds. The molecular weight excluding hydrogens is 288 g/mol. The number of ether oxygens (including phenoxy) is 1. The number of carbonyl (C=O) groups excluding carboxylic acids is 1. The van der Waals surface area contributed by atoms with Crippen molar-refractivity contribution in [3.8, 4) is 6.07 Å². The molecule has 0 aliphatic carbocycles. The molecule has 1 aromatic rings. The van der Waals surface area contributed by atoms with E-state index in [9.17, 15) is 10.1 Å². The molecule has 1 aromatic heterocycles. The molecule has 0 radical (unpaired) electrons. The number of rotatable bonds is 4. The molecule has 21 heavy (non-hydrogen) atoms. The number of carbonyl (C=O) groups is 1. The number of nitrogens with one attached hydrogen (secondary N) is 1. The summed E-state index contributed by atoms with van der Waals surface area (Å²) < 4.78 is 5.43. The van der Waals surface area contributed by atoms with Gasteiger partial charge in [0.1, 0.15) is 21.5 Å². The van der Waals surface area contributed by atoms with Crippen LogP contribution >= 0.6 is 11.3 Å². The van der Waals surface area contributed by atoms with Gasteiger partial charge < -0.3 is 20.7 Å². The first kappa shape index (κ1) is 15.6. The highest BCUT2D eigenvalue weighted by molar-refractivity contribution is 7.19. The van der Waals surface area contributed by atoms with Crippen molar-refractivity contribution in [2.24, 2.45) is 0 Å². The lowest BCUT2D eigenvalue weighted by atomic mass is 10.2. The molecule has 1 aliphatic rings. The van der Waals surface area contributed by atoms with E-state index in [0.717, 1.165) is 31.0 Å². The number of nitrogens with zero attached hydrogens (tertiary/aromatic N) is 2. The molecule has 2 rings (SSSR count). The highest BCUT2D eigenvalue weighted by Crippen LogP contribution is 2.38. The number of amides is 1. The van der Waals surface area contributed by atoms with Crippen LogP contribution in [0, 0.1) is 11.3 Å². The second kappa shape index (κ2) is 7.29. The molecule has 6 nitrogen and oxygen atoms in total. The molecule has 3 N–H and O–H groups in total. The van der Waals surface area contributed by atoms with E-state index in [1.165, 1.54) is 11.3 Å². The van der Waals surface area contributed by atoms with E-state index in [4.69, 9.17) is 10.5 Å². The predicted molar refractivity (Wildman–Crippen MR) is 83.7 cm³/mol. The molecule has 7 heteroatoms. The summed E-state index contributed by atoms with van der Waals surface area (Å²) in [4.78, 5) is 14.6. The minimum atomic E-state index is -0.201. The molecule has 114 valence electrons. The number of thiophene rings is 1. The highest BCUT2D eigenvalue weighted by atomic mass is 32.1. The average molecular weight is 308 g/mol. The number of hydrogen-bond acceptors (Lipinski definition) is 6. The van der Waals surface area contributed by atoms with Crippen molar-refractivity contribution in [2.45, 2.75) is 19.8 Å². The number of nitrogens with two attached hydrogens (primary N) is 1. The van der Waals surface area contributed by atoms with E-state index < -0.39 is 0 Å². The van der Waals surface area contributed by atoms with E-state index >= 15 is 0 Å². The third kappa shape index (κ3) is 3.46. The van der Waals surface area contributed by atoms with Crippen molar-refractivity contribution in [3.05, 3.63) is 10.4 Å². The van der Waals surface area contributed by atoms with Crippen LogP contribution in [0.5, 0.6) is 0 Å². The van der Waals surface area contributed by atoms with Crippen LogP contribution in [0.2, 0.25) is 0 Å². The molecule has 0 unspecified atom stereocenters. The minimum absolute atomic E-state index is 0.201. The predicted octanol–water partition coefficient (Wildman–Crippen LogP) is 1.57. The molecule has 0 spiro atoms. The van der Waals surface area contributed by atoms with Gasteiger partial charge in [0.15, 0.2) is 0 Å². The zero-order chi connectivity index (χ0) is 15.2. The van der Waals surface area contributed by atoms with Crippen molar-refractivity contribution >= 4 is 27.9 Å². The fraction of sp³-hybridized carbons (Fsp3) is 0.571. The van der Waals surface area contributed by atoms with Gasteiger partial charge in [-0.2, -0.15) is 5.26 Å². The summed E-state index contributed by atoms with van der Waals surface area (Å²) in [5.74, 6) is -0.201. The second-order valence-corrected chi connectivity index (χ2v) is 5.84. The molecule has 2 heterocycles. The Morgan fingerprint density at radius 1 is 1.52 bits per heavy atom. The minimum Gasteiger partial charge on any atom is -0.396 e. The Balaban J connectivity index is 2.29. The quantitative estimate of drug-likeness (QED) is 0.881. The maximum Gasteiger partial charge on any atom is 0.263 e. The van der Waals surface area contributed by atoms with E-state index in [1.54, 1.807) is 0 Å².